The summed E-state index contributed by atoms with van der Waals surface area (Å²) in [5, 5.41) is 0. The standard InChI is InChI=1S/C18H36O2S.C2H4O2S.2CH3.Sn/c1-15(2)11-7-5-9-13-18(21,17(19)20)14-10-6-8-12-16(3)4;3-2(4)1-5;;;/h15-16,21H,5-14H2,1-4H3,(H,19,20);5H,1H2,(H,3,4);2*1H3;/q;;;;+2/p-2. The summed E-state index contributed by atoms with van der Waals surface area (Å²) in [5.74, 6) is 0.682. The third-order valence-electron chi connectivity index (χ3n) is 4.95. The second-order valence-electron chi connectivity index (χ2n) is 9.44. The average Bonchev–Trinajstić information content (AvgIpc) is 2.59. The van der Waals surface area contributed by atoms with Gasteiger partial charge in [-0.1, -0.05) is 0 Å². The van der Waals surface area contributed by atoms with E-state index >= 15 is 0 Å². The van der Waals surface area contributed by atoms with Crippen molar-refractivity contribution in [3.8, 4) is 0 Å². The molecule has 0 N–H and O–H groups in total. The fraction of sp³-hybridized carbons (Fsp3) is 0.909. The van der Waals surface area contributed by atoms with E-state index in [-0.39, 0.29) is 11.7 Å². The van der Waals surface area contributed by atoms with Gasteiger partial charge in [-0.15, -0.1) is 0 Å². The van der Waals surface area contributed by atoms with Crippen LogP contribution in [0.4, 0.5) is 0 Å². The van der Waals surface area contributed by atoms with Crippen LogP contribution in [-0.4, -0.2) is 41.6 Å². The molecule has 0 aromatic rings. The summed E-state index contributed by atoms with van der Waals surface area (Å²) in [6, 6.07) is 0. The van der Waals surface area contributed by atoms with Crippen molar-refractivity contribution in [2.24, 2.45) is 11.8 Å². The van der Waals surface area contributed by atoms with Gasteiger partial charge >= 0.3 is 196 Å². The van der Waals surface area contributed by atoms with Gasteiger partial charge in [0.2, 0.25) is 0 Å². The number of carbonyl (C=O) groups is 2. The summed E-state index contributed by atoms with van der Waals surface area (Å²) in [7, 11) is 0. The first-order valence-electron chi connectivity index (χ1n) is 11.2. The Bertz CT molecular complexity index is 463. The second-order valence-corrected chi connectivity index (χ2v) is 19.8. The van der Waals surface area contributed by atoms with E-state index in [4.69, 9.17) is 18.8 Å². The predicted octanol–water partition coefficient (Wildman–Crippen LogP) is 6.59. The number of thiol groups is 2. The molecule has 0 aliphatic heterocycles. The fourth-order valence-electron chi connectivity index (χ4n) is 3.27. The quantitative estimate of drug-likeness (QED) is 0.128. The van der Waals surface area contributed by atoms with Gasteiger partial charge in [-0.3, -0.25) is 0 Å². The molecular formula is C22H44O4S2Sn. The van der Waals surface area contributed by atoms with E-state index in [0.29, 0.717) is 24.7 Å². The van der Waals surface area contributed by atoms with Crippen LogP contribution >= 0.6 is 25.3 Å². The normalized spacial score (nSPS) is 12.5. The van der Waals surface area contributed by atoms with Crippen molar-refractivity contribution in [2.45, 2.75) is 107 Å². The topological polar surface area (TPSA) is 52.6 Å². The molecule has 0 aromatic carbocycles. The van der Waals surface area contributed by atoms with Crippen LogP contribution in [0.5, 0.6) is 0 Å². The number of hydrogen-bond acceptors (Lipinski definition) is 6. The zero-order valence-corrected chi connectivity index (χ0v) is 24.1. The first kappa shape index (κ1) is 29.4. The SMILES string of the molecule is CC(C)CCCCCC(S)(CCCCCC(C)C)C(=O)[O][Sn]([CH3])([CH3])[O]C(=O)CS. The molecule has 0 spiro atoms. The molecule has 0 aromatic heterocycles. The zero-order valence-electron chi connectivity index (χ0n) is 19.5. The Morgan fingerprint density at radius 1 is 0.828 bits per heavy atom. The molecule has 0 rings (SSSR count). The van der Waals surface area contributed by atoms with Gasteiger partial charge in [-0.2, -0.15) is 0 Å². The van der Waals surface area contributed by atoms with E-state index in [1.807, 2.05) is 0 Å². The Hall–Kier alpha value is 0.439. The first-order chi connectivity index (χ1) is 13.4. The van der Waals surface area contributed by atoms with Gasteiger partial charge in [0.15, 0.2) is 0 Å². The Morgan fingerprint density at radius 2 is 1.28 bits per heavy atom. The summed E-state index contributed by atoms with van der Waals surface area (Å²) in [6.45, 7) is 8.94. The van der Waals surface area contributed by atoms with E-state index in [1.165, 1.54) is 25.7 Å². The van der Waals surface area contributed by atoms with Crippen molar-refractivity contribution < 1.29 is 15.7 Å². The van der Waals surface area contributed by atoms with Gasteiger partial charge in [-0.25, -0.2) is 0 Å². The third-order valence-corrected chi connectivity index (χ3v) is 9.82. The molecule has 4 nitrogen and oxygen atoms in total. The second kappa shape index (κ2) is 15.3. The van der Waals surface area contributed by atoms with Gasteiger partial charge < -0.3 is 0 Å². The average molecular weight is 555 g/mol. The van der Waals surface area contributed by atoms with Crippen LogP contribution in [0.15, 0.2) is 0 Å². The van der Waals surface area contributed by atoms with E-state index < -0.39 is 29.9 Å². The number of hydrogen-bond donors (Lipinski definition) is 2. The summed E-state index contributed by atoms with van der Waals surface area (Å²) in [5.41, 5.74) is 0. The molecular weight excluding hydrogens is 511 g/mol. The first-order valence-corrected chi connectivity index (χ1v) is 20.3. The van der Waals surface area contributed by atoms with Crippen molar-refractivity contribution in [3.05, 3.63) is 0 Å². The van der Waals surface area contributed by atoms with E-state index in [1.54, 1.807) is 9.88 Å². The Morgan fingerprint density at radius 3 is 1.66 bits per heavy atom. The molecule has 0 bridgehead atoms. The Labute approximate surface area is 195 Å². The molecule has 0 amide bonds. The maximum absolute atomic E-state index is 13.0. The van der Waals surface area contributed by atoms with Gasteiger partial charge in [0.25, 0.3) is 0 Å². The van der Waals surface area contributed by atoms with Crippen molar-refractivity contribution in [1.29, 1.82) is 0 Å². The molecule has 0 atom stereocenters. The minimum atomic E-state index is -3.70. The van der Waals surface area contributed by atoms with Gasteiger partial charge in [0.1, 0.15) is 0 Å². The molecule has 0 saturated heterocycles. The van der Waals surface area contributed by atoms with Crippen molar-refractivity contribution >= 4 is 56.4 Å². The van der Waals surface area contributed by atoms with Crippen LogP contribution in [-0.2, 0) is 15.7 Å². The van der Waals surface area contributed by atoms with Crippen molar-refractivity contribution in [3.63, 3.8) is 0 Å². The number of rotatable bonds is 16. The molecule has 7 heteroatoms. The summed E-state index contributed by atoms with van der Waals surface area (Å²) in [6.07, 6.45) is 10.3. The van der Waals surface area contributed by atoms with Crippen LogP contribution in [0.2, 0.25) is 9.88 Å². The molecule has 0 radical (unpaired) electrons. The fourth-order valence-corrected chi connectivity index (χ4v) is 8.01. The molecule has 0 heterocycles. The van der Waals surface area contributed by atoms with Crippen LogP contribution in [0.3, 0.4) is 0 Å². The minimum absolute atomic E-state index is 0.00434. The molecule has 0 aliphatic carbocycles. The van der Waals surface area contributed by atoms with Crippen LogP contribution in [0.1, 0.15) is 91.9 Å². The molecule has 172 valence electrons. The number of unbranched alkanes of at least 4 members (excludes halogenated alkanes) is 4. The number of carbonyl (C=O) groups excluding carboxylic acids is 2. The van der Waals surface area contributed by atoms with Crippen molar-refractivity contribution in [1.82, 2.24) is 0 Å². The maximum atomic E-state index is 13.0. The predicted molar refractivity (Wildman–Crippen MR) is 131 cm³/mol. The van der Waals surface area contributed by atoms with Crippen LogP contribution in [0.25, 0.3) is 0 Å². The van der Waals surface area contributed by atoms with Gasteiger partial charge in [0.05, 0.1) is 0 Å². The Kier molecular flexibility index (Phi) is 15.5. The summed E-state index contributed by atoms with van der Waals surface area (Å²) < 4.78 is 10.4. The van der Waals surface area contributed by atoms with Crippen molar-refractivity contribution in [2.75, 3.05) is 5.75 Å². The van der Waals surface area contributed by atoms with Crippen LogP contribution < -0.4 is 0 Å². The molecule has 0 aliphatic rings. The van der Waals surface area contributed by atoms with Gasteiger partial charge in [-0.05, 0) is 0 Å². The molecule has 0 saturated carbocycles. The van der Waals surface area contributed by atoms with E-state index in [9.17, 15) is 9.59 Å². The summed E-state index contributed by atoms with van der Waals surface area (Å²) >= 11 is 5.06. The third kappa shape index (κ3) is 15.0. The summed E-state index contributed by atoms with van der Waals surface area (Å²) in [4.78, 5) is 28.2. The van der Waals surface area contributed by atoms with E-state index in [2.05, 4.69) is 40.3 Å². The zero-order chi connectivity index (χ0) is 22.5. The Balaban J connectivity index is 4.84. The molecule has 0 fully saturated rings. The van der Waals surface area contributed by atoms with Crippen LogP contribution in [0, 0.1) is 11.8 Å². The monoisotopic (exact) mass is 556 g/mol. The molecule has 0 unspecified atom stereocenters. The molecule has 29 heavy (non-hydrogen) atoms. The van der Waals surface area contributed by atoms with E-state index in [0.717, 1.165) is 25.7 Å². The van der Waals surface area contributed by atoms with Gasteiger partial charge in [0, 0.05) is 0 Å².